The standard InChI is InChI=1S/C14H21NO2/c1-2-10(8-9-16)15-13-7-6-12-11(13)4-3-5-14(12)17/h3-5,10,13,15-17H,2,6-9H2,1H3. The van der Waals surface area contributed by atoms with Gasteiger partial charge in [-0.1, -0.05) is 19.1 Å². The van der Waals surface area contributed by atoms with Crippen molar-refractivity contribution in [3.05, 3.63) is 29.3 Å². The number of hydrogen-bond acceptors (Lipinski definition) is 3. The minimum Gasteiger partial charge on any atom is -0.508 e. The molecule has 1 aliphatic carbocycles. The molecule has 0 aromatic heterocycles. The van der Waals surface area contributed by atoms with E-state index in [2.05, 4.69) is 18.3 Å². The van der Waals surface area contributed by atoms with Crippen molar-refractivity contribution in [3.8, 4) is 5.75 Å². The van der Waals surface area contributed by atoms with Gasteiger partial charge in [0.25, 0.3) is 0 Å². The van der Waals surface area contributed by atoms with Crippen LogP contribution < -0.4 is 5.32 Å². The summed E-state index contributed by atoms with van der Waals surface area (Å²) in [6.45, 7) is 2.36. The van der Waals surface area contributed by atoms with E-state index in [0.717, 1.165) is 31.2 Å². The lowest BCUT2D eigenvalue weighted by atomic mass is 10.0. The molecule has 0 amide bonds. The lowest BCUT2D eigenvalue weighted by Crippen LogP contribution is -2.32. The maximum absolute atomic E-state index is 9.78. The molecule has 0 spiro atoms. The summed E-state index contributed by atoms with van der Waals surface area (Å²) in [5.41, 5.74) is 2.31. The molecule has 2 rings (SSSR count). The van der Waals surface area contributed by atoms with Crippen LogP contribution in [-0.4, -0.2) is 22.9 Å². The summed E-state index contributed by atoms with van der Waals surface area (Å²) in [7, 11) is 0. The van der Waals surface area contributed by atoms with Crippen LogP contribution in [0.3, 0.4) is 0 Å². The predicted octanol–water partition coefficient (Wildman–Crippen LogP) is 2.13. The van der Waals surface area contributed by atoms with Gasteiger partial charge in [0.2, 0.25) is 0 Å². The van der Waals surface area contributed by atoms with Crippen molar-refractivity contribution in [1.29, 1.82) is 0 Å². The van der Waals surface area contributed by atoms with E-state index in [1.807, 2.05) is 6.07 Å². The van der Waals surface area contributed by atoms with Crippen molar-refractivity contribution in [2.24, 2.45) is 0 Å². The van der Waals surface area contributed by atoms with Crippen LogP contribution in [-0.2, 0) is 6.42 Å². The van der Waals surface area contributed by atoms with E-state index in [0.29, 0.717) is 17.8 Å². The van der Waals surface area contributed by atoms with Gasteiger partial charge in [0.05, 0.1) is 0 Å². The zero-order valence-electron chi connectivity index (χ0n) is 10.3. The molecule has 2 unspecified atom stereocenters. The van der Waals surface area contributed by atoms with E-state index < -0.39 is 0 Å². The topological polar surface area (TPSA) is 52.5 Å². The number of aliphatic hydroxyl groups excluding tert-OH is 1. The molecule has 2 atom stereocenters. The van der Waals surface area contributed by atoms with Gasteiger partial charge in [-0.05, 0) is 42.9 Å². The first-order valence-corrected chi connectivity index (χ1v) is 6.44. The van der Waals surface area contributed by atoms with Crippen molar-refractivity contribution in [2.75, 3.05) is 6.61 Å². The monoisotopic (exact) mass is 235 g/mol. The Labute approximate surface area is 102 Å². The summed E-state index contributed by atoms with van der Waals surface area (Å²) in [6, 6.07) is 6.44. The molecule has 1 aliphatic rings. The SMILES string of the molecule is CCC(CCO)NC1CCc2c(O)cccc21. The number of nitrogens with one attached hydrogen (secondary N) is 1. The molecule has 0 heterocycles. The Morgan fingerprint density at radius 1 is 1.47 bits per heavy atom. The first kappa shape index (κ1) is 12.4. The van der Waals surface area contributed by atoms with Crippen LogP contribution in [0, 0.1) is 0 Å². The van der Waals surface area contributed by atoms with Gasteiger partial charge >= 0.3 is 0 Å². The number of aromatic hydroxyl groups is 1. The van der Waals surface area contributed by atoms with Gasteiger partial charge in [-0.25, -0.2) is 0 Å². The molecular weight excluding hydrogens is 214 g/mol. The van der Waals surface area contributed by atoms with Gasteiger partial charge in [0, 0.05) is 18.7 Å². The van der Waals surface area contributed by atoms with Crippen LogP contribution in [0.1, 0.15) is 43.4 Å². The van der Waals surface area contributed by atoms with Gasteiger partial charge < -0.3 is 15.5 Å². The van der Waals surface area contributed by atoms with Gasteiger partial charge in [0.15, 0.2) is 0 Å². The van der Waals surface area contributed by atoms with Crippen molar-refractivity contribution >= 4 is 0 Å². The Hall–Kier alpha value is -1.06. The average Bonchev–Trinajstić information content (AvgIpc) is 2.73. The molecule has 0 bridgehead atoms. The predicted molar refractivity (Wildman–Crippen MR) is 68.1 cm³/mol. The molecule has 1 aromatic rings. The summed E-state index contributed by atoms with van der Waals surface area (Å²) in [4.78, 5) is 0. The van der Waals surface area contributed by atoms with Crippen molar-refractivity contribution in [2.45, 2.75) is 44.7 Å². The normalized spacial score (nSPS) is 20.2. The maximum Gasteiger partial charge on any atom is 0.119 e. The van der Waals surface area contributed by atoms with E-state index in [1.165, 1.54) is 5.56 Å². The maximum atomic E-state index is 9.78. The number of phenols is 1. The zero-order chi connectivity index (χ0) is 12.3. The van der Waals surface area contributed by atoms with Gasteiger partial charge in [-0.2, -0.15) is 0 Å². The Morgan fingerprint density at radius 3 is 3.00 bits per heavy atom. The summed E-state index contributed by atoms with van der Waals surface area (Å²) in [5, 5.41) is 22.4. The molecule has 3 heteroatoms. The minimum absolute atomic E-state index is 0.227. The summed E-state index contributed by atoms with van der Waals surface area (Å²) in [5.74, 6) is 0.419. The van der Waals surface area contributed by atoms with Crippen LogP contribution in [0.4, 0.5) is 0 Å². The summed E-state index contributed by atoms with van der Waals surface area (Å²) < 4.78 is 0. The minimum atomic E-state index is 0.227. The van der Waals surface area contributed by atoms with Crippen molar-refractivity contribution in [3.63, 3.8) is 0 Å². The van der Waals surface area contributed by atoms with Crippen LogP contribution in [0.2, 0.25) is 0 Å². The van der Waals surface area contributed by atoms with Gasteiger partial charge in [-0.3, -0.25) is 0 Å². The van der Waals surface area contributed by atoms with Crippen LogP contribution in [0.15, 0.2) is 18.2 Å². The fourth-order valence-corrected chi connectivity index (χ4v) is 2.65. The molecule has 0 saturated heterocycles. The van der Waals surface area contributed by atoms with Gasteiger partial charge in [-0.15, -0.1) is 0 Å². The fourth-order valence-electron chi connectivity index (χ4n) is 2.65. The Balaban J connectivity index is 2.09. The molecule has 0 fully saturated rings. The second-order valence-electron chi connectivity index (χ2n) is 4.72. The first-order chi connectivity index (χ1) is 8.26. The number of fused-ring (bicyclic) bond motifs is 1. The third-order valence-electron chi connectivity index (χ3n) is 3.65. The lowest BCUT2D eigenvalue weighted by molar-refractivity contribution is 0.255. The van der Waals surface area contributed by atoms with Crippen LogP contribution >= 0.6 is 0 Å². The first-order valence-electron chi connectivity index (χ1n) is 6.44. The quantitative estimate of drug-likeness (QED) is 0.733. The third kappa shape index (κ3) is 2.61. The fraction of sp³-hybridized carbons (Fsp3) is 0.571. The smallest absolute Gasteiger partial charge is 0.119 e. The molecule has 3 N–H and O–H groups in total. The summed E-state index contributed by atoms with van der Waals surface area (Å²) in [6.07, 6.45) is 3.79. The molecule has 94 valence electrons. The van der Waals surface area contributed by atoms with Crippen molar-refractivity contribution in [1.82, 2.24) is 5.32 Å². The number of benzene rings is 1. The second-order valence-corrected chi connectivity index (χ2v) is 4.72. The highest BCUT2D eigenvalue weighted by atomic mass is 16.3. The highest BCUT2D eigenvalue weighted by Crippen LogP contribution is 2.36. The number of hydrogen-bond donors (Lipinski definition) is 3. The lowest BCUT2D eigenvalue weighted by Gasteiger charge is -2.22. The Kier molecular flexibility index (Phi) is 4.02. The molecular formula is C14H21NO2. The van der Waals surface area contributed by atoms with E-state index in [1.54, 1.807) is 6.07 Å². The molecule has 0 saturated carbocycles. The average molecular weight is 235 g/mol. The van der Waals surface area contributed by atoms with E-state index >= 15 is 0 Å². The highest BCUT2D eigenvalue weighted by molar-refractivity contribution is 5.44. The zero-order valence-corrected chi connectivity index (χ0v) is 10.3. The largest absolute Gasteiger partial charge is 0.508 e. The highest BCUT2D eigenvalue weighted by Gasteiger charge is 2.25. The number of rotatable bonds is 5. The third-order valence-corrected chi connectivity index (χ3v) is 3.65. The van der Waals surface area contributed by atoms with E-state index in [-0.39, 0.29) is 6.61 Å². The van der Waals surface area contributed by atoms with Crippen molar-refractivity contribution < 1.29 is 10.2 Å². The second kappa shape index (κ2) is 5.52. The van der Waals surface area contributed by atoms with Gasteiger partial charge in [0.1, 0.15) is 5.75 Å². The molecule has 1 aromatic carbocycles. The number of aliphatic hydroxyl groups is 1. The number of phenolic OH excluding ortho intramolecular Hbond substituents is 1. The van der Waals surface area contributed by atoms with E-state index in [4.69, 9.17) is 5.11 Å². The Bertz CT molecular complexity index is 378. The molecule has 0 radical (unpaired) electrons. The van der Waals surface area contributed by atoms with Crippen LogP contribution in [0.25, 0.3) is 0 Å². The van der Waals surface area contributed by atoms with Crippen LogP contribution in [0.5, 0.6) is 5.75 Å². The molecule has 3 nitrogen and oxygen atoms in total. The summed E-state index contributed by atoms with van der Waals surface area (Å²) >= 11 is 0. The van der Waals surface area contributed by atoms with E-state index in [9.17, 15) is 5.11 Å². The Morgan fingerprint density at radius 2 is 2.29 bits per heavy atom. The molecule has 0 aliphatic heterocycles. The molecule has 17 heavy (non-hydrogen) atoms.